The molecule has 52 heavy (non-hydrogen) atoms. The monoisotopic (exact) mass is 716 g/mol. The summed E-state index contributed by atoms with van der Waals surface area (Å²) in [4.78, 5) is 55.1. The van der Waals surface area contributed by atoms with E-state index >= 15 is 4.39 Å². The van der Waals surface area contributed by atoms with Gasteiger partial charge in [-0.15, -0.1) is 6.42 Å². The molecule has 0 radical (unpaired) electrons. The summed E-state index contributed by atoms with van der Waals surface area (Å²) in [7, 11) is 3.60. The highest BCUT2D eigenvalue weighted by molar-refractivity contribution is 6.06. The maximum Gasteiger partial charge on any atom is 0.420 e. The van der Waals surface area contributed by atoms with E-state index in [1.807, 2.05) is 18.9 Å². The molecule has 0 aliphatic carbocycles. The molecular formula is C38H42F2N6O6. The van der Waals surface area contributed by atoms with E-state index in [1.54, 1.807) is 36.8 Å². The Kier molecular flexibility index (Phi) is 10.1. The second-order valence-corrected chi connectivity index (χ2v) is 14.1. The number of fused-ring (bicyclic) bond motifs is 2. The Hall–Kier alpha value is -5.29. The van der Waals surface area contributed by atoms with Crippen LogP contribution < -0.4 is 24.0 Å². The van der Waals surface area contributed by atoms with Gasteiger partial charge in [0, 0.05) is 50.6 Å². The summed E-state index contributed by atoms with van der Waals surface area (Å²) in [6.45, 7) is 10.0. The molecule has 14 heteroatoms. The third-order valence-corrected chi connectivity index (χ3v) is 10.0. The number of alkyl halides is 1. The summed E-state index contributed by atoms with van der Waals surface area (Å²) in [6, 6.07) is 5.50. The first-order valence-corrected chi connectivity index (χ1v) is 17.2. The van der Waals surface area contributed by atoms with Crippen LogP contribution in [0, 0.1) is 24.1 Å². The lowest BCUT2D eigenvalue weighted by molar-refractivity contribution is -0.137. The van der Waals surface area contributed by atoms with Crippen molar-refractivity contribution in [2.24, 2.45) is 5.92 Å². The van der Waals surface area contributed by atoms with Gasteiger partial charge >= 0.3 is 18.1 Å². The molecule has 0 unspecified atom stereocenters. The van der Waals surface area contributed by atoms with Gasteiger partial charge in [0.1, 0.15) is 30.0 Å². The van der Waals surface area contributed by atoms with E-state index in [0.29, 0.717) is 18.5 Å². The van der Waals surface area contributed by atoms with Crippen molar-refractivity contribution < 1.29 is 37.4 Å². The SMILES string of the molecule is C#Cc1c(F)ccc2cc(OC(=O)C(C)C)cc(N3Cc4nc(OC[C@]5(C)C[C@@H](F)CN5C)nc(N(C)C[C@@H]5CCCN5C(=O)C=C)c4OC3=O)c12. The smallest absolute Gasteiger partial charge is 0.420 e. The zero-order valence-corrected chi connectivity index (χ0v) is 29.9. The van der Waals surface area contributed by atoms with Gasteiger partial charge < -0.3 is 24.0 Å². The number of benzene rings is 2. The molecule has 6 rings (SSSR count). The normalized spacial score (nSPS) is 21.6. The molecule has 3 aromatic rings. The number of hydrogen-bond donors (Lipinski definition) is 0. The first-order chi connectivity index (χ1) is 24.7. The Balaban J connectivity index is 1.42. The van der Waals surface area contributed by atoms with Crippen molar-refractivity contribution in [2.45, 2.75) is 64.3 Å². The third kappa shape index (κ3) is 6.97. The highest BCUT2D eigenvalue weighted by Crippen LogP contribution is 2.42. The van der Waals surface area contributed by atoms with Gasteiger partial charge in [0.05, 0.1) is 29.3 Å². The number of hydrogen-bond acceptors (Lipinski definition) is 10. The van der Waals surface area contributed by atoms with Crippen LogP contribution in [0.1, 0.15) is 51.3 Å². The second-order valence-electron chi connectivity index (χ2n) is 14.1. The minimum Gasteiger partial charge on any atom is -0.461 e. The van der Waals surface area contributed by atoms with Gasteiger partial charge in [-0.2, -0.15) is 9.97 Å². The molecule has 3 atom stereocenters. The number of amides is 2. The summed E-state index contributed by atoms with van der Waals surface area (Å²) in [5, 5.41) is 0.667. The van der Waals surface area contributed by atoms with E-state index in [2.05, 4.69) is 22.5 Å². The summed E-state index contributed by atoms with van der Waals surface area (Å²) >= 11 is 0. The van der Waals surface area contributed by atoms with Gasteiger partial charge in [-0.3, -0.25) is 19.4 Å². The number of rotatable bonds is 10. The molecule has 4 heterocycles. The fraction of sp³-hybridized carbons (Fsp3) is 0.447. The highest BCUT2D eigenvalue weighted by atomic mass is 19.1. The molecule has 2 amide bonds. The summed E-state index contributed by atoms with van der Waals surface area (Å²) < 4.78 is 47.2. The number of terminal acetylenes is 1. The van der Waals surface area contributed by atoms with E-state index in [0.717, 1.165) is 12.8 Å². The Labute approximate surface area is 301 Å². The number of anilines is 2. The average molecular weight is 717 g/mol. The van der Waals surface area contributed by atoms with E-state index in [-0.39, 0.29) is 83.7 Å². The zero-order valence-electron chi connectivity index (χ0n) is 29.9. The van der Waals surface area contributed by atoms with Crippen molar-refractivity contribution in [1.29, 1.82) is 0 Å². The second kappa shape index (κ2) is 14.4. The van der Waals surface area contributed by atoms with E-state index in [1.165, 1.54) is 29.2 Å². The molecule has 1 aromatic heterocycles. The molecule has 2 saturated heterocycles. The highest BCUT2D eigenvalue weighted by Gasteiger charge is 2.42. The molecular weight excluding hydrogens is 674 g/mol. The van der Waals surface area contributed by atoms with Crippen molar-refractivity contribution >= 4 is 40.2 Å². The molecule has 0 N–H and O–H groups in total. The maximum atomic E-state index is 15.1. The Morgan fingerprint density at radius 2 is 2.06 bits per heavy atom. The average Bonchev–Trinajstić information content (AvgIpc) is 3.67. The fourth-order valence-electron chi connectivity index (χ4n) is 7.01. The number of nitrogens with zero attached hydrogens (tertiary/aromatic N) is 6. The molecule has 0 bridgehead atoms. The number of esters is 1. The number of carbonyl (C=O) groups is 3. The standard InChI is InChI=1S/C38H42F2N6O6/c1-8-27-28(40)13-12-23-15-26(51-35(48)22(3)4)16-30(32(23)27)46-20-29-33(52-37(46)49)34(43(6)19-25-11-10-14-45(25)31(47)9-2)42-36(41-29)50-21-38(5)17-24(39)18-44(38)7/h1,9,12-13,15-16,22,24-25H,2,10-11,14,17-21H2,3-7H3/t24-,25+,38+/m1/s1. The van der Waals surface area contributed by atoms with Crippen molar-refractivity contribution in [1.82, 2.24) is 19.8 Å². The fourth-order valence-corrected chi connectivity index (χ4v) is 7.01. The van der Waals surface area contributed by atoms with Gasteiger partial charge in [-0.05, 0) is 50.4 Å². The number of aromatic nitrogens is 2. The van der Waals surface area contributed by atoms with Gasteiger partial charge in [0.2, 0.25) is 5.91 Å². The predicted octanol–water partition coefficient (Wildman–Crippen LogP) is 5.25. The zero-order chi connectivity index (χ0) is 37.5. The minimum atomic E-state index is -1.01. The molecule has 3 aliphatic heterocycles. The summed E-state index contributed by atoms with van der Waals surface area (Å²) in [5.41, 5.74) is -0.306. The first-order valence-electron chi connectivity index (χ1n) is 17.2. The molecule has 2 fully saturated rings. The van der Waals surface area contributed by atoms with Crippen LogP contribution >= 0.6 is 0 Å². The van der Waals surface area contributed by atoms with Crippen LogP contribution in [0.25, 0.3) is 10.8 Å². The topological polar surface area (TPSA) is 118 Å². The summed E-state index contributed by atoms with van der Waals surface area (Å²) in [5.74, 6) is 1.04. The van der Waals surface area contributed by atoms with Crippen molar-refractivity contribution in [3.63, 3.8) is 0 Å². The predicted molar refractivity (Wildman–Crippen MR) is 191 cm³/mol. The number of carbonyl (C=O) groups excluding carboxylic acids is 3. The van der Waals surface area contributed by atoms with Crippen LogP contribution in [0.2, 0.25) is 0 Å². The Bertz CT molecular complexity index is 1980. The van der Waals surface area contributed by atoms with E-state index < -0.39 is 35.5 Å². The number of halogens is 2. The Morgan fingerprint density at radius 1 is 1.29 bits per heavy atom. The maximum absolute atomic E-state index is 15.1. The lowest BCUT2D eigenvalue weighted by Gasteiger charge is -2.34. The molecule has 12 nitrogen and oxygen atoms in total. The van der Waals surface area contributed by atoms with Crippen LogP contribution in [-0.4, -0.2) is 95.8 Å². The van der Waals surface area contributed by atoms with Crippen LogP contribution in [0.15, 0.2) is 36.9 Å². The minimum absolute atomic E-state index is 0.0271. The number of ether oxygens (including phenoxy) is 3. The van der Waals surface area contributed by atoms with Gasteiger partial charge in [0.25, 0.3) is 0 Å². The quantitative estimate of drug-likeness (QED) is 0.119. The molecule has 0 spiro atoms. The third-order valence-electron chi connectivity index (χ3n) is 10.0. The molecule has 3 aliphatic rings. The van der Waals surface area contributed by atoms with Gasteiger partial charge in [-0.25, -0.2) is 13.6 Å². The first kappa shape index (κ1) is 36.5. The molecule has 274 valence electrons. The number of likely N-dealkylation sites (N-methyl/N-ethyl adjacent to an activating group) is 2. The molecule has 2 aromatic carbocycles. The lowest BCUT2D eigenvalue weighted by atomic mass is 10.0. The lowest BCUT2D eigenvalue weighted by Crippen LogP contribution is -2.44. The number of likely N-dealkylation sites (tertiary alicyclic amines) is 2. The van der Waals surface area contributed by atoms with Crippen molar-refractivity contribution in [3.8, 4) is 29.9 Å². The van der Waals surface area contributed by atoms with Crippen molar-refractivity contribution in [2.75, 3.05) is 50.1 Å². The van der Waals surface area contributed by atoms with E-state index in [9.17, 15) is 18.8 Å². The van der Waals surface area contributed by atoms with E-state index in [4.69, 9.17) is 20.6 Å². The van der Waals surface area contributed by atoms with Gasteiger partial charge in [0.15, 0.2) is 11.6 Å². The van der Waals surface area contributed by atoms with Crippen LogP contribution in [0.3, 0.4) is 0 Å². The van der Waals surface area contributed by atoms with Crippen molar-refractivity contribution in [3.05, 3.63) is 54.0 Å². The molecule has 0 saturated carbocycles. The van der Waals surface area contributed by atoms with Crippen LogP contribution in [-0.2, 0) is 16.1 Å². The summed E-state index contributed by atoms with van der Waals surface area (Å²) in [6.07, 6.45) is 7.05. The van der Waals surface area contributed by atoms with Crippen LogP contribution in [0.5, 0.6) is 17.5 Å². The van der Waals surface area contributed by atoms with Gasteiger partial charge in [-0.1, -0.05) is 32.4 Å². The largest absolute Gasteiger partial charge is 0.461 e. The van der Waals surface area contributed by atoms with Crippen LogP contribution in [0.4, 0.5) is 25.1 Å². The Morgan fingerprint density at radius 3 is 2.73 bits per heavy atom.